The molecule has 5 rings (SSSR count). The summed E-state index contributed by atoms with van der Waals surface area (Å²) in [6.45, 7) is 5.09. The van der Waals surface area contributed by atoms with Crippen molar-refractivity contribution >= 4 is 22.9 Å². The van der Waals surface area contributed by atoms with Crippen molar-refractivity contribution in [3.05, 3.63) is 94.7 Å². The van der Waals surface area contributed by atoms with Crippen LogP contribution in [0.15, 0.2) is 67.0 Å². The van der Waals surface area contributed by atoms with Gasteiger partial charge in [-0.1, -0.05) is 42.8 Å². The lowest BCUT2D eigenvalue weighted by atomic mass is 9.89. The summed E-state index contributed by atoms with van der Waals surface area (Å²) in [6, 6.07) is 18.0. The number of halogens is 2. The van der Waals surface area contributed by atoms with Gasteiger partial charge in [-0.25, -0.2) is 4.39 Å². The third kappa shape index (κ3) is 4.09. The number of piperidine rings is 1. The monoisotopic (exact) mass is 435 g/mol. The molecule has 0 bridgehead atoms. The van der Waals surface area contributed by atoms with Crippen molar-refractivity contribution in [2.24, 2.45) is 0 Å². The zero-order valence-electron chi connectivity index (χ0n) is 17.8. The van der Waals surface area contributed by atoms with Crippen molar-refractivity contribution in [1.82, 2.24) is 8.97 Å². The average Bonchev–Trinajstić information content (AvgIpc) is 3.31. The minimum absolute atomic E-state index is 0.159. The largest absolute Gasteiger partial charge is 0.371 e. The fraction of sp³-hybridized carbons (Fsp3) is 0.308. The van der Waals surface area contributed by atoms with E-state index in [4.69, 9.17) is 11.6 Å². The number of hydrogen-bond donors (Lipinski definition) is 0. The van der Waals surface area contributed by atoms with Crippen molar-refractivity contribution in [3.8, 4) is 0 Å². The van der Waals surface area contributed by atoms with Crippen molar-refractivity contribution in [1.29, 1.82) is 0 Å². The number of nitrogens with zero attached hydrogens (tertiary/aromatic N) is 3. The molecule has 5 heteroatoms. The van der Waals surface area contributed by atoms with Crippen LogP contribution in [-0.4, -0.2) is 22.1 Å². The highest BCUT2D eigenvalue weighted by molar-refractivity contribution is 6.31. The molecule has 0 unspecified atom stereocenters. The Kier molecular flexibility index (Phi) is 5.49. The maximum Gasteiger partial charge on any atom is 0.123 e. The Labute approximate surface area is 187 Å². The van der Waals surface area contributed by atoms with E-state index in [0.717, 1.165) is 49.6 Å². The van der Waals surface area contributed by atoms with E-state index in [0.29, 0.717) is 5.92 Å². The standard InChI is InChI=1S/C26H27ClFN3/c1-2-24-18-30-17-22(27)15-26(30)31(24)16-19-3-9-25(10-4-19)29-13-11-21(12-14-29)20-5-7-23(28)8-6-20/h3-10,15,17-18,21H,2,11-14,16H2,1H3. The molecule has 1 aliphatic heterocycles. The van der Waals surface area contributed by atoms with Gasteiger partial charge >= 0.3 is 0 Å². The van der Waals surface area contributed by atoms with E-state index in [1.807, 2.05) is 24.4 Å². The number of rotatable bonds is 5. The van der Waals surface area contributed by atoms with Gasteiger partial charge in [-0.3, -0.25) is 0 Å². The molecular formula is C26H27ClFN3. The van der Waals surface area contributed by atoms with Crippen LogP contribution in [0.3, 0.4) is 0 Å². The first-order valence-electron chi connectivity index (χ1n) is 11.1. The van der Waals surface area contributed by atoms with E-state index in [1.54, 1.807) is 12.1 Å². The second kappa shape index (κ2) is 8.43. The van der Waals surface area contributed by atoms with E-state index < -0.39 is 0 Å². The highest BCUT2D eigenvalue weighted by Gasteiger charge is 2.21. The first-order chi connectivity index (χ1) is 15.1. The fourth-order valence-electron chi connectivity index (χ4n) is 4.80. The van der Waals surface area contributed by atoms with Crippen LogP contribution >= 0.6 is 11.6 Å². The molecule has 2 aromatic heterocycles. The second-order valence-corrected chi connectivity index (χ2v) is 8.90. The highest BCUT2D eigenvalue weighted by atomic mass is 35.5. The quantitative estimate of drug-likeness (QED) is 0.347. The molecule has 0 saturated carbocycles. The van der Waals surface area contributed by atoms with Gasteiger partial charge in [0.05, 0.1) is 5.02 Å². The Bertz CT molecular complexity index is 1170. The number of anilines is 1. The van der Waals surface area contributed by atoms with Crippen LogP contribution in [0.4, 0.5) is 10.1 Å². The summed E-state index contributed by atoms with van der Waals surface area (Å²) in [6.07, 6.45) is 7.32. The third-order valence-electron chi connectivity index (χ3n) is 6.55. The SMILES string of the molecule is CCc1cn2cc(Cl)cc2n1Cc1ccc(N2CCC(c3ccc(F)cc3)CC2)cc1. The number of aromatic nitrogens is 2. The normalized spacial score (nSPS) is 15.1. The molecule has 1 saturated heterocycles. The van der Waals surface area contributed by atoms with Crippen molar-refractivity contribution in [2.75, 3.05) is 18.0 Å². The van der Waals surface area contributed by atoms with E-state index in [2.05, 4.69) is 51.3 Å². The first-order valence-corrected chi connectivity index (χ1v) is 11.4. The maximum absolute atomic E-state index is 13.2. The van der Waals surface area contributed by atoms with Gasteiger partial charge < -0.3 is 13.9 Å². The smallest absolute Gasteiger partial charge is 0.123 e. The van der Waals surface area contributed by atoms with Crippen molar-refractivity contribution in [3.63, 3.8) is 0 Å². The van der Waals surface area contributed by atoms with Crippen LogP contribution in [0, 0.1) is 5.82 Å². The Morgan fingerprint density at radius 3 is 2.35 bits per heavy atom. The molecule has 4 aromatic rings. The van der Waals surface area contributed by atoms with Crippen molar-refractivity contribution < 1.29 is 4.39 Å². The molecule has 0 spiro atoms. The third-order valence-corrected chi connectivity index (χ3v) is 6.75. The molecular weight excluding hydrogens is 409 g/mol. The summed E-state index contributed by atoms with van der Waals surface area (Å²) in [5.74, 6) is 0.363. The van der Waals surface area contributed by atoms with Crippen LogP contribution in [0.25, 0.3) is 5.65 Å². The van der Waals surface area contributed by atoms with Gasteiger partial charge in [-0.05, 0) is 66.6 Å². The number of hydrogen-bond acceptors (Lipinski definition) is 1. The fourth-order valence-corrected chi connectivity index (χ4v) is 5.00. The predicted molar refractivity (Wildman–Crippen MR) is 126 cm³/mol. The second-order valence-electron chi connectivity index (χ2n) is 8.46. The number of fused-ring (bicyclic) bond motifs is 1. The molecule has 0 N–H and O–H groups in total. The summed E-state index contributed by atoms with van der Waals surface area (Å²) < 4.78 is 17.6. The lowest BCUT2D eigenvalue weighted by Crippen LogP contribution is -2.32. The van der Waals surface area contributed by atoms with Gasteiger partial charge in [0.2, 0.25) is 0 Å². The topological polar surface area (TPSA) is 12.6 Å². The molecule has 3 heterocycles. The summed E-state index contributed by atoms with van der Waals surface area (Å²) in [4.78, 5) is 2.46. The Morgan fingerprint density at radius 1 is 0.968 bits per heavy atom. The van der Waals surface area contributed by atoms with Crippen molar-refractivity contribution in [2.45, 2.75) is 38.6 Å². The van der Waals surface area contributed by atoms with Crippen LogP contribution in [0.5, 0.6) is 0 Å². The van der Waals surface area contributed by atoms with E-state index in [-0.39, 0.29) is 5.82 Å². The van der Waals surface area contributed by atoms with Crippen LogP contribution < -0.4 is 4.90 Å². The molecule has 0 radical (unpaired) electrons. The maximum atomic E-state index is 13.2. The molecule has 1 fully saturated rings. The highest BCUT2D eigenvalue weighted by Crippen LogP contribution is 2.31. The molecule has 160 valence electrons. The van der Waals surface area contributed by atoms with Crippen LogP contribution in [-0.2, 0) is 13.0 Å². The number of aryl methyl sites for hydroxylation is 1. The van der Waals surface area contributed by atoms with Gasteiger partial charge in [-0.15, -0.1) is 0 Å². The van der Waals surface area contributed by atoms with Gasteiger partial charge in [-0.2, -0.15) is 0 Å². The molecule has 3 nitrogen and oxygen atoms in total. The number of imidazole rings is 1. The summed E-state index contributed by atoms with van der Waals surface area (Å²) in [7, 11) is 0. The molecule has 31 heavy (non-hydrogen) atoms. The van der Waals surface area contributed by atoms with E-state index in [1.165, 1.54) is 22.5 Å². The van der Waals surface area contributed by atoms with Gasteiger partial charge in [0, 0.05) is 43.4 Å². The minimum Gasteiger partial charge on any atom is -0.371 e. The zero-order chi connectivity index (χ0) is 21.4. The lowest BCUT2D eigenvalue weighted by Gasteiger charge is -2.34. The first kappa shape index (κ1) is 20.2. The molecule has 0 amide bonds. The Morgan fingerprint density at radius 2 is 1.68 bits per heavy atom. The Hall–Kier alpha value is -2.72. The summed E-state index contributed by atoms with van der Waals surface area (Å²) >= 11 is 6.20. The summed E-state index contributed by atoms with van der Waals surface area (Å²) in [5, 5.41) is 0.769. The number of benzene rings is 2. The minimum atomic E-state index is -0.159. The van der Waals surface area contributed by atoms with Gasteiger partial charge in [0.25, 0.3) is 0 Å². The molecule has 1 aliphatic rings. The Balaban J connectivity index is 1.26. The van der Waals surface area contributed by atoms with Gasteiger partial charge in [0.15, 0.2) is 0 Å². The molecule has 2 aromatic carbocycles. The molecule has 0 aliphatic carbocycles. The van der Waals surface area contributed by atoms with E-state index >= 15 is 0 Å². The van der Waals surface area contributed by atoms with Gasteiger partial charge in [0.1, 0.15) is 11.5 Å². The predicted octanol–water partition coefficient (Wildman–Crippen LogP) is 6.53. The summed E-state index contributed by atoms with van der Waals surface area (Å²) in [5.41, 5.74) is 6.26. The van der Waals surface area contributed by atoms with E-state index in [9.17, 15) is 4.39 Å². The van der Waals surface area contributed by atoms with Crippen LogP contribution in [0.2, 0.25) is 5.02 Å². The van der Waals surface area contributed by atoms with Crippen LogP contribution in [0.1, 0.15) is 42.5 Å². The average molecular weight is 436 g/mol. The molecule has 0 atom stereocenters. The lowest BCUT2D eigenvalue weighted by molar-refractivity contribution is 0.504. The zero-order valence-corrected chi connectivity index (χ0v) is 18.5.